The number of hydrogen-bond acceptors (Lipinski definition) is 4. The van der Waals surface area contributed by atoms with E-state index in [0.29, 0.717) is 32.3 Å². The second-order valence-electron chi connectivity index (χ2n) is 4.87. The van der Waals surface area contributed by atoms with E-state index in [4.69, 9.17) is 4.74 Å². The van der Waals surface area contributed by atoms with E-state index >= 15 is 0 Å². The van der Waals surface area contributed by atoms with Crippen molar-refractivity contribution < 1.29 is 13.2 Å². The molecule has 0 aromatic rings. The lowest BCUT2D eigenvalue weighted by Crippen LogP contribution is -2.51. The Kier molecular flexibility index (Phi) is 4.41. The average Bonchev–Trinajstić information content (AvgIpc) is 2.40. The molecule has 6 heteroatoms. The number of nitrogens with one attached hydrogen (secondary N) is 1. The van der Waals surface area contributed by atoms with Crippen LogP contribution in [-0.4, -0.2) is 57.4 Å². The molecular weight excluding hydrogens is 240 g/mol. The molecule has 0 saturated carbocycles. The third kappa shape index (κ3) is 2.99. The normalized spacial score (nSPS) is 32.5. The van der Waals surface area contributed by atoms with E-state index in [9.17, 15) is 8.42 Å². The van der Waals surface area contributed by atoms with Crippen LogP contribution in [0.1, 0.15) is 25.7 Å². The van der Waals surface area contributed by atoms with Crippen molar-refractivity contribution in [1.29, 1.82) is 0 Å². The smallest absolute Gasteiger partial charge is 0.219 e. The summed E-state index contributed by atoms with van der Waals surface area (Å²) < 4.78 is 31.8. The predicted molar refractivity (Wildman–Crippen MR) is 66.4 cm³/mol. The summed E-state index contributed by atoms with van der Waals surface area (Å²) in [5, 5.41) is 2.84. The molecule has 0 spiro atoms. The Balaban J connectivity index is 2.03. The minimum atomic E-state index is -3.16. The maximum absolute atomic E-state index is 12.4. The number of ether oxygens (including phenoxy) is 1. The van der Waals surface area contributed by atoms with Crippen molar-refractivity contribution in [2.24, 2.45) is 0 Å². The number of likely N-dealkylation sites (N-methyl/N-ethyl adjacent to an activating group) is 1. The van der Waals surface area contributed by atoms with Gasteiger partial charge in [-0.25, -0.2) is 12.7 Å². The molecule has 0 radical (unpaired) electrons. The molecule has 2 aliphatic heterocycles. The Morgan fingerprint density at radius 3 is 2.76 bits per heavy atom. The first kappa shape index (κ1) is 13.3. The fourth-order valence-corrected chi connectivity index (χ4v) is 4.49. The van der Waals surface area contributed by atoms with Gasteiger partial charge in [0.25, 0.3) is 0 Å². The summed E-state index contributed by atoms with van der Waals surface area (Å²) in [5.74, 6) is 0. The third-order valence-corrected chi connectivity index (χ3v) is 5.96. The zero-order chi connectivity index (χ0) is 12.3. The second-order valence-corrected chi connectivity index (χ2v) is 7.08. The average molecular weight is 262 g/mol. The van der Waals surface area contributed by atoms with Crippen LogP contribution in [0.25, 0.3) is 0 Å². The highest BCUT2D eigenvalue weighted by Crippen LogP contribution is 2.22. The molecule has 0 aromatic heterocycles. The van der Waals surface area contributed by atoms with Gasteiger partial charge < -0.3 is 10.1 Å². The highest BCUT2D eigenvalue weighted by molar-refractivity contribution is 7.89. The van der Waals surface area contributed by atoms with Crippen molar-refractivity contribution in [3.8, 4) is 0 Å². The summed E-state index contributed by atoms with van der Waals surface area (Å²) in [6.07, 6.45) is 3.60. The summed E-state index contributed by atoms with van der Waals surface area (Å²) in [6, 6.07) is 0.294. The molecule has 2 aliphatic rings. The topological polar surface area (TPSA) is 58.6 Å². The summed E-state index contributed by atoms with van der Waals surface area (Å²) in [6.45, 7) is 2.33. The first-order chi connectivity index (χ1) is 8.14. The molecule has 2 unspecified atom stereocenters. The number of nitrogens with zero attached hydrogens (tertiary/aromatic N) is 1. The lowest BCUT2D eigenvalue weighted by Gasteiger charge is -2.35. The van der Waals surface area contributed by atoms with E-state index in [1.165, 1.54) is 0 Å². The van der Waals surface area contributed by atoms with Crippen LogP contribution in [0.5, 0.6) is 0 Å². The molecule has 0 bridgehead atoms. The largest absolute Gasteiger partial charge is 0.380 e. The lowest BCUT2D eigenvalue weighted by molar-refractivity contribution is 0.0969. The van der Waals surface area contributed by atoms with Crippen molar-refractivity contribution in [1.82, 2.24) is 9.62 Å². The first-order valence-corrected chi connectivity index (χ1v) is 7.89. The van der Waals surface area contributed by atoms with Gasteiger partial charge in [0.2, 0.25) is 10.0 Å². The maximum atomic E-state index is 12.4. The van der Waals surface area contributed by atoms with Crippen LogP contribution < -0.4 is 5.32 Å². The highest BCUT2D eigenvalue weighted by Gasteiger charge is 2.35. The summed E-state index contributed by atoms with van der Waals surface area (Å²) in [7, 11) is -1.27. The van der Waals surface area contributed by atoms with Crippen LogP contribution in [0.4, 0.5) is 0 Å². The molecule has 0 aromatic carbocycles. The predicted octanol–water partition coefficient (Wildman–Crippen LogP) is 0.179. The molecule has 100 valence electrons. The SMILES string of the molecule is CNC1CCCN(S(=O)(=O)C2CCCOC2)C1. The van der Waals surface area contributed by atoms with Gasteiger partial charge in [-0.15, -0.1) is 0 Å². The molecular formula is C11H22N2O3S. The minimum absolute atomic E-state index is 0.294. The van der Waals surface area contributed by atoms with E-state index in [-0.39, 0.29) is 5.25 Å². The Bertz CT molecular complexity index is 339. The summed E-state index contributed by atoms with van der Waals surface area (Å²) in [4.78, 5) is 0. The number of piperidine rings is 1. The minimum Gasteiger partial charge on any atom is -0.380 e. The molecule has 0 amide bonds. The Hall–Kier alpha value is -0.170. The Morgan fingerprint density at radius 1 is 1.29 bits per heavy atom. The van der Waals surface area contributed by atoms with Crippen molar-refractivity contribution in [2.75, 3.05) is 33.4 Å². The summed E-state index contributed by atoms with van der Waals surface area (Å²) >= 11 is 0. The zero-order valence-corrected chi connectivity index (χ0v) is 11.2. The van der Waals surface area contributed by atoms with Crippen LogP contribution in [-0.2, 0) is 14.8 Å². The molecule has 17 heavy (non-hydrogen) atoms. The van der Waals surface area contributed by atoms with Gasteiger partial charge >= 0.3 is 0 Å². The van der Waals surface area contributed by atoms with Crippen LogP contribution in [0.15, 0.2) is 0 Å². The van der Waals surface area contributed by atoms with E-state index in [1.54, 1.807) is 4.31 Å². The standard InChI is InChI=1S/C11H22N2O3S/c1-12-10-4-2-6-13(8-10)17(14,15)11-5-3-7-16-9-11/h10-12H,2-9H2,1H3. The molecule has 2 atom stereocenters. The maximum Gasteiger partial charge on any atom is 0.219 e. The summed E-state index contributed by atoms with van der Waals surface area (Å²) in [5.41, 5.74) is 0. The van der Waals surface area contributed by atoms with Crippen LogP contribution in [0.3, 0.4) is 0 Å². The monoisotopic (exact) mass is 262 g/mol. The van der Waals surface area contributed by atoms with E-state index in [1.807, 2.05) is 7.05 Å². The molecule has 2 saturated heterocycles. The quantitative estimate of drug-likeness (QED) is 0.788. The Morgan fingerprint density at radius 2 is 2.12 bits per heavy atom. The van der Waals surface area contributed by atoms with Gasteiger partial charge in [0.05, 0.1) is 11.9 Å². The molecule has 5 nitrogen and oxygen atoms in total. The van der Waals surface area contributed by atoms with Gasteiger partial charge in [0.1, 0.15) is 0 Å². The second kappa shape index (κ2) is 5.65. The molecule has 2 rings (SSSR count). The van der Waals surface area contributed by atoms with Gasteiger partial charge in [-0.05, 0) is 32.7 Å². The van der Waals surface area contributed by atoms with Gasteiger partial charge in [0, 0.05) is 25.7 Å². The fourth-order valence-electron chi connectivity index (χ4n) is 2.57. The first-order valence-electron chi connectivity index (χ1n) is 6.38. The number of hydrogen-bond donors (Lipinski definition) is 1. The van der Waals surface area contributed by atoms with Crippen LogP contribution >= 0.6 is 0 Å². The number of rotatable bonds is 3. The molecule has 0 aliphatic carbocycles. The van der Waals surface area contributed by atoms with Crippen LogP contribution in [0, 0.1) is 0 Å². The molecule has 1 N–H and O–H groups in total. The van der Waals surface area contributed by atoms with Gasteiger partial charge in [-0.3, -0.25) is 0 Å². The van der Waals surface area contributed by atoms with E-state index in [2.05, 4.69) is 5.32 Å². The van der Waals surface area contributed by atoms with Gasteiger partial charge in [0.15, 0.2) is 0 Å². The lowest BCUT2D eigenvalue weighted by atomic mass is 10.1. The van der Waals surface area contributed by atoms with Crippen molar-refractivity contribution in [3.63, 3.8) is 0 Å². The molecule has 2 heterocycles. The van der Waals surface area contributed by atoms with Gasteiger partial charge in [-0.2, -0.15) is 0 Å². The van der Waals surface area contributed by atoms with Crippen molar-refractivity contribution in [3.05, 3.63) is 0 Å². The van der Waals surface area contributed by atoms with Crippen molar-refractivity contribution >= 4 is 10.0 Å². The van der Waals surface area contributed by atoms with E-state index in [0.717, 1.165) is 25.7 Å². The van der Waals surface area contributed by atoms with Crippen LogP contribution in [0.2, 0.25) is 0 Å². The van der Waals surface area contributed by atoms with E-state index < -0.39 is 10.0 Å². The van der Waals surface area contributed by atoms with Gasteiger partial charge in [-0.1, -0.05) is 0 Å². The third-order valence-electron chi connectivity index (χ3n) is 3.69. The highest BCUT2D eigenvalue weighted by atomic mass is 32.2. The van der Waals surface area contributed by atoms with Crippen molar-refractivity contribution in [2.45, 2.75) is 37.0 Å². The number of sulfonamides is 1. The zero-order valence-electron chi connectivity index (χ0n) is 10.4. The molecule has 2 fully saturated rings. The fraction of sp³-hybridized carbons (Fsp3) is 1.00. The Labute approximate surface area is 104 Å².